The average Bonchev–Trinajstić information content (AvgIpc) is 2.57. The van der Waals surface area contributed by atoms with Gasteiger partial charge >= 0.3 is 5.97 Å². The average molecular weight is 315 g/mol. The molecule has 122 valence electrons. The van der Waals surface area contributed by atoms with Gasteiger partial charge in [-0.25, -0.2) is 4.79 Å². The number of benzene rings is 1. The van der Waals surface area contributed by atoms with E-state index in [0.29, 0.717) is 24.3 Å². The third-order valence-corrected chi connectivity index (χ3v) is 3.16. The molecule has 0 aliphatic carbocycles. The Hall–Kier alpha value is -2.81. The van der Waals surface area contributed by atoms with Crippen LogP contribution in [0.3, 0.4) is 0 Å². The van der Waals surface area contributed by atoms with E-state index in [0.717, 1.165) is 0 Å². The van der Waals surface area contributed by atoms with Crippen LogP contribution >= 0.6 is 0 Å². The summed E-state index contributed by atoms with van der Waals surface area (Å²) >= 11 is 0. The van der Waals surface area contributed by atoms with Crippen LogP contribution in [0, 0.1) is 11.3 Å². The van der Waals surface area contributed by atoms with E-state index in [-0.39, 0.29) is 18.1 Å². The molecule has 0 aliphatic heterocycles. The summed E-state index contributed by atoms with van der Waals surface area (Å²) in [7, 11) is 0. The van der Waals surface area contributed by atoms with Crippen LogP contribution in [-0.4, -0.2) is 36.5 Å². The fourth-order valence-electron chi connectivity index (χ4n) is 1.94. The van der Waals surface area contributed by atoms with Crippen LogP contribution < -0.4 is 5.32 Å². The minimum Gasteiger partial charge on any atom is -0.462 e. The van der Waals surface area contributed by atoms with Gasteiger partial charge in [-0.15, -0.1) is 0 Å². The zero-order valence-corrected chi connectivity index (χ0v) is 13.6. The molecule has 1 N–H and O–H groups in total. The summed E-state index contributed by atoms with van der Waals surface area (Å²) in [6.07, 6.45) is 1.28. The highest BCUT2D eigenvalue weighted by molar-refractivity contribution is 5.95. The van der Waals surface area contributed by atoms with Crippen molar-refractivity contribution in [1.82, 2.24) is 4.90 Å². The van der Waals surface area contributed by atoms with Gasteiger partial charge in [-0.3, -0.25) is 4.79 Å². The number of nitrogens with zero attached hydrogens (tertiary/aromatic N) is 2. The maximum atomic E-state index is 12.3. The van der Waals surface area contributed by atoms with Gasteiger partial charge in [-0.1, -0.05) is 6.07 Å². The third kappa shape index (κ3) is 5.15. The van der Waals surface area contributed by atoms with Crippen molar-refractivity contribution in [3.05, 3.63) is 41.6 Å². The number of anilines is 1. The summed E-state index contributed by atoms with van der Waals surface area (Å²) in [5.41, 5.74) is 1.02. The van der Waals surface area contributed by atoms with Crippen LogP contribution in [0.15, 0.2) is 36.0 Å². The van der Waals surface area contributed by atoms with Crippen molar-refractivity contribution in [2.75, 3.05) is 25.0 Å². The molecule has 0 aliphatic rings. The first kappa shape index (κ1) is 18.2. The van der Waals surface area contributed by atoms with Gasteiger partial charge in [0.1, 0.15) is 6.07 Å². The standard InChI is InChI=1S/C17H21N3O3/c1-4-20(5-2)16(21)13-8-7-9-15(10-13)19-12-14(11-18)17(22)23-6-3/h7-10,12,19H,4-6H2,1-3H3/b14-12-. The lowest BCUT2D eigenvalue weighted by Gasteiger charge is -2.18. The second-order valence-electron chi connectivity index (χ2n) is 4.59. The zero-order valence-electron chi connectivity index (χ0n) is 13.6. The van der Waals surface area contributed by atoms with Crippen molar-refractivity contribution in [3.63, 3.8) is 0 Å². The van der Waals surface area contributed by atoms with E-state index >= 15 is 0 Å². The van der Waals surface area contributed by atoms with Gasteiger partial charge in [-0.2, -0.15) is 5.26 Å². The SMILES string of the molecule is CCOC(=O)/C(C#N)=C\Nc1cccc(C(=O)N(CC)CC)c1. The maximum absolute atomic E-state index is 12.3. The molecule has 0 bridgehead atoms. The number of nitrogens with one attached hydrogen (secondary N) is 1. The monoisotopic (exact) mass is 315 g/mol. The molecule has 0 heterocycles. The molecule has 1 aromatic rings. The Labute approximate surface area is 136 Å². The number of carbonyl (C=O) groups excluding carboxylic acids is 2. The Morgan fingerprint density at radius 2 is 2.00 bits per heavy atom. The fourth-order valence-corrected chi connectivity index (χ4v) is 1.94. The molecule has 0 spiro atoms. The highest BCUT2D eigenvalue weighted by atomic mass is 16.5. The van der Waals surface area contributed by atoms with Crippen molar-refractivity contribution < 1.29 is 14.3 Å². The number of ether oxygens (including phenoxy) is 1. The molecule has 0 fully saturated rings. The van der Waals surface area contributed by atoms with Gasteiger partial charge in [0.05, 0.1) is 6.61 Å². The summed E-state index contributed by atoms with van der Waals surface area (Å²) in [4.78, 5) is 25.5. The number of carbonyl (C=O) groups is 2. The molecular weight excluding hydrogens is 294 g/mol. The molecular formula is C17H21N3O3. The van der Waals surface area contributed by atoms with Gasteiger partial charge in [0.2, 0.25) is 0 Å². The van der Waals surface area contributed by atoms with Crippen molar-refractivity contribution in [3.8, 4) is 6.07 Å². The molecule has 0 saturated carbocycles. The lowest BCUT2D eigenvalue weighted by molar-refractivity contribution is -0.138. The van der Waals surface area contributed by atoms with E-state index in [4.69, 9.17) is 10.00 Å². The van der Waals surface area contributed by atoms with Gasteiger partial charge in [-0.05, 0) is 39.0 Å². The molecule has 1 rings (SSSR count). The molecule has 0 aromatic heterocycles. The highest BCUT2D eigenvalue weighted by Crippen LogP contribution is 2.13. The fraction of sp³-hybridized carbons (Fsp3) is 0.353. The molecule has 0 atom stereocenters. The van der Waals surface area contributed by atoms with Gasteiger partial charge in [0, 0.05) is 30.5 Å². The van der Waals surface area contributed by atoms with Crippen LogP contribution in [0.25, 0.3) is 0 Å². The second kappa shape index (κ2) is 9.26. The van der Waals surface area contributed by atoms with E-state index in [1.807, 2.05) is 13.8 Å². The van der Waals surface area contributed by atoms with Gasteiger partial charge in [0.15, 0.2) is 5.57 Å². The van der Waals surface area contributed by atoms with Crippen LogP contribution in [0.2, 0.25) is 0 Å². The zero-order chi connectivity index (χ0) is 17.2. The summed E-state index contributed by atoms with van der Waals surface area (Å²) in [6.45, 7) is 6.98. The van der Waals surface area contributed by atoms with E-state index in [2.05, 4.69) is 5.32 Å². The lowest BCUT2D eigenvalue weighted by Crippen LogP contribution is -2.30. The van der Waals surface area contributed by atoms with Crippen LogP contribution in [-0.2, 0) is 9.53 Å². The summed E-state index contributed by atoms with van der Waals surface area (Å²) < 4.78 is 4.78. The first-order valence-corrected chi connectivity index (χ1v) is 7.50. The van der Waals surface area contributed by atoms with Crippen LogP contribution in [0.5, 0.6) is 0 Å². The second-order valence-corrected chi connectivity index (χ2v) is 4.59. The smallest absolute Gasteiger partial charge is 0.350 e. The molecule has 23 heavy (non-hydrogen) atoms. The van der Waals surface area contributed by atoms with Gasteiger partial charge in [0.25, 0.3) is 5.91 Å². The molecule has 6 heteroatoms. The Morgan fingerprint density at radius 3 is 2.57 bits per heavy atom. The van der Waals surface area contributed by atoms with Crippen molar-refractivity contribution in [2.45, 2.75) is 20.8 Å². The minimum atomic E-state index is -0.683. The van der Waals surface area contributed by atoms with E-state index in [9.17, 15) is 9.59 Å². The van der Waals surface area contributed by atoms with E-state index in [1.54, 1.807) is 42.2 Å². The van der Waals surface area contributed by atoms with Crippen molar-refractivity contribution in [1.29, 1.82) is 5.26 Å². The molecule has 1 aromatic carbocycles. The molecule has 0 unspecified atom stereocenters. The summed E-state index contributed by atoms with van der Waals surface area (Å²) in [6, 6.07) is 8.67. The normalized spacial score (nSPS) is 10.6. The Kier molecular flexibility index (Phi) is 7.34. The minimum absolute atomic E-state index is 0.0615. The number of nitriles is 1. The van der Waals surface area contributed by atoms with Crippen molar-refractivity contribution >= 4 is 17.6 Å². The van der Waals surface area contributed by atoms with Crippen LogP contribution in [0.1, 0.15) is 31.1 Å². The summed E-state index contributed by atoms with van der Waals surface area (Å²) in [5, 5.41) is 11.8. The molecule has 0 radical (unpaired) electrons. The lowest BCUT2D eigenvalue weighted by atomic mass is 10.1. The summed E-state index contributed by atoms with van der Waals surface area (Å²) in [5.74, 6) is -0.744. The Morgan fingerprint density at radius 1 is 1.30 bits per heavy atom. The number of hydrogen-bond acceptors (Lipinski definition) is 5. The predicted molar refractivity (Wildman–Crippen MR) is 87.6 cm³/mol. The topological polar surface area (TPSA) is 82.4 Å². The quantitative estimate of drug-likeness (QED) is 0.475. The number of rotatable bonds is 7. The number of esters is 1. The maximum Gasteiger partial charge on any atom is 0.350 e. The molecule has 0 saturated heterocycles. The molecule has 6 nitrogen and oxygen atoms in total. The Bertz CT molecular complexity index is 628. The Balaban J connectivity index is 2.91. The van der Waals surface area contributed by atoms with Crippen LogP contribution in [0.4, 0.5) is 5.69 Å². The number of hydrogen-bond donors (Lipinski definition) is 1. The van der Waals surface area contributed by atoms with E-state index < -0.39 is 5.97 Å². The van der Waals surface area contributed by atoms with Crippen molar-refractivity contribution in [2.24, 2.45) is 0 Å². The molecule has 1 amide bonds. The first-order valence-electron chi connectivity index (χ1n) is 7.50. The van der Waals surface area contributed by atoms with E-state index in [1.165, 1.54) is 6.20 Å². The highest BCUT2D eigenvalue weighted by Gasteiger charge is 2.13. The number of amides is 1. The third-order valence-electron chi connectivity index (χ3n) is 3.16. The predicted octanol–water partition coefficient (Wildman–Crippen LogP) is 2.55. The van der Waals surface area contributed by atoms with Gasteiger partial charge < -0.3 is 15.0 Å². The largest absolute Gasteiger partial charge is 0.462 e. The first-order chi connectivity index (χ1) is 11.1.